The van der Waals surface area contributed by atoms with Crippen LogP contribution in [0.1, 0.15) is 12.8 Å². The molecule has 5 rings (SSSR count). The van der Waals surface area contributed by atoms with Crippen molar-refractivity contribution < 1.29 is 4.74 Å². The summed E-state index contributed by atoms with van der Waals surface area (Å²) in [6.07, 6.45) is 9.60. The molecule has 3 aliphatic rings. The number of likely N-dealkylation sites (tertiary alicyclic amines) is 1. The first-order valence-corrected chi connectivity index (χ1v) is 11.4. The van der Waals surface area contributed by atoms with E-state index in [9.17, 15) is 0 Å². The molecule has 1 N–H and O–H groups in total. The number of nitrogens with zero attached hydrogens (tertiary/aromatic N) is 7. The first kappa shape index (κ1) is 20.4. The van der Waals surface area contributed by atoms with Gasteiger partial charge in [0.15, 0.2) is 0 Å². The molecule has 4 heterocycles. The van der Waals surface area contributed by atoms with Crippen molar-refractivity contribution in [3.8, 4) is 0 Å². The monoisotopic (exact) mass is 424 g/mol. The van der Waals surface area contributed by atoms with Crippen molar-refractivity contribution in [2.24, 2.45) is 11.8 Å². The molecule has 9 nitrogen and oxygen atoms in total. The summed E-state index contributed by atoms with van der Waals surface area (Å²) in [5.74, 6) is 4.35. The predicted molar refractivity (Wildman–Crippen MR) is 120 cm³/mol. The minimum atomic E-state index is 0.553. The molecule has 0 spiro atoms. The van der Waals surface area contributed by atoms with E-state index in [0.29, 0.717) is 12.0 Å². The topological polar surface area (TPSA) is 82.5 Å². The van der Waals surface area contributed by atoms with E-state index in [0.717, 1.165) is 69.3 Å². The van der Waals surface area contributed by atoms with Crippen LogP contribution in [0.5, 0.6) is 0 Å². The van der Waals surface area contributed by atoms with E-state index in [4.69, 9.17) is 4.74 Å². The Labute approximate surface area is 183 Å². The lowest BCUT2D eigenvalue weighted by molar-refractivity contribution is 0.122. The van der Waals surface area contributed by atoms with Crippen LogP contribution in [-0.2, 0) is 4.74 Å². The number of ether oxygens (including phenoxy) is 1. The highest BCUT2D eigenvalue weighted by atomic mass is 16.5. The maximum atomic E-state index is 5.44. The highest BCUT2D eigenvalue weighted by Crippen LogP contribution is 2.41. The molecule has 0 amide bonds. The zero-order chi connectivity index (χ0) is 21.0. The molecule has 166 valence electrons. The molecule has 2 aromatic rings. The van der Waals surface area contributed by atoms with E-state index in [2.05, 4.69) is 53.1 Å². The highest BCUT2D eigenvalue weighted by molar-refractivity contribution is 5.48. The van der Waals surface area contributed by atoms with Gasteiger partial charge in [-0.3, -0.25) is 4.98 Å². The van der Waals surface area contributed by atoms with Gasteiger partial charge in [0.05, 0.1) is 19.4 Å². The number of nitrogens with one attached hydrogen (secondary N) is 1. The largest absolute Gasteiger partial charge is 0.378 e. The summed E-state index contributed by atoms with van der Waals surface area (Å²) in [7, 11) is 2.17. The first-order chi connectivity index (χ1) is 15.3. The lowest BCUT2D eigenvalue weighted by Crippen LogP contribution is -2.38. The Hall–Kier alpha value is -2.52. The summed E-state index contributed by atoms with van der Waals surface area (Å²) in [6, 6.07) is 2.60. The van der Waals surface area contributed by atoms with Gasteiger partial charge in [-0.25, -0.2) is 15.0 Å². The molecule has 0 bridgehead atoms. The average Bonchev–Trinajstić information content (AvgIpc) is 3.40. The Morgan fingerprint density at radius 1 is 1.13 bits per heavy atom. The van der Waals surface area contributed by atoms with Crippen LogP contribution < -0.4 is 15.1 Å². The second-order valence-corrected chi connectivity index (χ2v) is 8.79. The zero-order valence-corrected chi connectivity index (χ0v) is 18.2. The van der Waals surface area contributed by atoms with Crippen LogP contribution >= 0.6 is 0 Å². The normalized spacial score (nSPS) is 26.1. The summed E-state index contributed by atoms with van der Waals surface area (Å²) in [5.41, 5.74) is 0. The summed E-state index contributed by atoms with van der Waals surface area (Å²) >= 11 is 0. The van der Waals surface area contributed by atoms with Crippen LogP contribution in [-0.4, -0.2) is 90.4 Å². The standard InChI is InChI=1S/C22H32N8O/c1-28(22-13-23-4-5-25-22)19-3-2-17-14-29(15-18(17)19)7-6-24-20-12-21(27-16-26-20)30-8-10-31-11-9-30/h4-5,12-13,16-19H,2-3,6-11,14-15H2,1H3,(H,24,26,27)/t17-,18+,19-/m1/s1. The first-order valence-electron chi connectivity index (χ1n) is 11.4. The molecule has 1 saturated carbocycles. The van der Waals surface area contributed by atoms with Crippen molar-refractivity contribution >= 4 is 17.5 Å². The van der Waals surface area contributed by atoms with Crippen molar-refractivity contribution in [2.45, 2.75) is 18.9 Å². The van der Waals surface area contributed by atoms with Crippen molar-refractivity contribution in [1.82, 2.24) is 24.8 Å². The van der Waals surface area contributed by atoms with Gasteiger partial charge in [0.2, 0.25) is 0 Å². The lowest BCUT2D eigenvalue weighted by Gasteiger charge is -2.30. The lowest BCUT2D eigenvalue weighted by atomic mass is 9.97. The van der Waals surface area contributed by atoms with Crippen molar-refractivity contribution in [1.29, 1.82) is 0 Å². The van der Waals surface area contributed by atoms with Gasteiger partial charge in [-0.1, -0.05) is 0 Å². The van der Waals surface area contributed by atoms with Crippen LogP contribution in [0, 0.1) is 11.8 Å². The molecule has 0 radical (unpaired) electrons. The molecular formula is C22H32N8O. The molecule has 3 fully saturated rings. The van der Waals surface area contributed by atoms with Gasteiger partial charge >= 0.3 is 0 Å². The van der Waals surface area contributed by atoms with E-state index in [1.807, 2.05) is 6.20 Å². The Morgan fingerprint density at radius 3 is 2.87 bits per heavy atom. The Kier molecular flexibility index (Phi) is 6.13. The number of rotatable bonds is 7. The fraction of sp³-hybridized carbons (Fsp3) is 0.636. The summed E-state index contributed by atoms with van der Waals surface area (Å²) in [4.78, 5) is 24.8. The number of morpholine rings is 1. The van der Waals surface area contributed by atoms with Crippen molar-refractivity contribution in [2.75, 3.05) is 74.6 Å². The van der Waals surface area contributed by atoms with E-state index in [1.165, 1.54) is 19.4 Å². The van der Waals surface area contributed by atoms with Gasteiger partial charge in [0, 0.05) is 70.8 Å². The molecule has 1 aliphatic carbocycles. The van der Waals surface area contributed by atoms with Crippen molar-refractivity contribution in [3.63, 3.8) is 0 Å². The third-order valence-corrected chi connectivity index (χ3v) is 7.02. The third-order valence-electron chi connectivity index (χ3n) is 7.02. The summed E-state index contributed by atoms with van der Waals surface area (Å²) in [6.45, 7) is 7.57. The molecule has 9 heteroatoms. The molecular weight excluding hydrogens is 392 g/mol. The number of hydrogen-bond donors (Lipinski definition) is 1. The Morgan fingerprint density at radius 2 is 2.03 bits per heavy atom. The van der Waals surface area contributed by atoms with Crippen LogP contribution in [0.2, 0.25) is 0 Å². The second kappa shape index (κ2) is 9.32. The number of hydrogen-bond acceptors (Lipinski definition) is 9. The van der Waals surface area contributed by atoms with Gasteiger partial charge in [-0.2, -0.15) is 0 Å². The maximum Gasteiger partial charge on any atom is 0.147 e. The molecule has 0 aromatic carbocycles. The minimum absolute atomic E-state index is 0.553. The van der Waals surface area contributed by atoms with Crippen LogP contribution in [0.3, 0.4) is 0 Å². The molecule has 31 heavy (non-hydrogen) atoms. The summed E-state index contributed by atoms with van der Waals surface area (Å²) < 4.78 is 5.44. The SMILES string of the molecule is CN(c1cnccn1)[C@@H]1CC[C@@H]2CN(CCNc3cc(N4CCOCC4)ncn3)C[C@@H]21. The smallest absolute Gasteiger partial charge is 0.147 e. The zero-order valence-electron chi connectivity index (χ0n) is 18.2. The van der Waals surface area contributed by atoms with E-state index < -0.39 is 0 Å². The molecule has 3 atom stereocenters. The van der Waals surface area contributed by atoms with E-state index >= 15 is 0 Å². The van der Waals surface area contributed by atoms with Gasteiger partial charge in [-0.15, -0.1) is 0 Å². The van der Waals surface area contributed by atoms with Crippen LogP contribution in [0.25, 0.3) is 0 Å². The fourth-order valence-electron chi connectivity index (χ4n) is 5.39. The van der Waals surface area contributed by atoms with E-state index in [1.54, 1.807) is 18.7 Å². The molecule has 0 unspecified atom stereocenters. The van der Waals surface area contributed by atoms with Gasteiger partial charge in [-0.05, 0) is 24.7 Å². The van der Waals surface area contributed by atoms with Crippen LogP contribution in [0.15, 0.2) is 31.0 Å². The number of aromatic nitrogens is 4. The quantitative estimate of drug-likeness (QED) is 0.708. The Bertz CT molecular complexity index is 846. The summed E-state index contributed by atoms with van der Waals surface area (Å²) in [5, 5.41) is 3.50. The predicted octanol–water partition coefficient (Wildman–Crippen LogP) is 1.36. The van der Waals surface area contributed by atoms with Gasteiger partial charge in [0.25, 0.3) is 0 Å². The highest BCUT2D eigenvalue weighted by Gasteiger charge is 2.44. The minimum Gasteiger partial charge on any atom is -0.378 e. The number of fused-ring (bicyclic) bond motifs is 1. The maximum absolute atomic E-state index is 5.44. The molecule has 2 saturated heterocycles. The Balaban J connectivity index is 1.12. The van der Waals surface area contributed by atoms with Gasteiger partial charge in [0.1, 0.15) is 23.8 Å². The fourth-order valence-corrected chi connectivity index (χ4v) is 5.39. The average molecular weight is 425 g/mol. The second-order valence-electron chi connectivity index (χ2n) is 8.79. The number of anilines is 3. The van der Waals surface area contributed by atoms with Gasteiger partial charge < -0.3 is 24.8 Å². The third kappa shape index (κ3) is 4.57. The molecule has 2 aromatic heterocycles. The van der Waals surface area contributed by atoms with E-state index in [-0.39, 0.29) is 0 Å². The molecule has 2 aliphatic heterocycles. The van der Waals surface area contributed by atoms with Crippen molar-refractivity contribution in [3.05, 3.63) is 31.0 Å². The van der Waals surface area contributed by atoms with Crippen LogP contribution in [0.4, 0.5) is 17.5 Å².